The van der Waals surface area contributed by atoms with Crippen LogP contribution in [0.4, 0.5) is 21.9 Å². The summed E-state index contributed by atoms with van der Waals surface area (Å²) in [6, 6.07) is 31.9. The van der Waals surface area contributed by atoms with Gasteiger partial charge < -0.3 is 20.9 Å². The van der Waals surface area contributed by atoms with E-state index in [1.165, 1.54) is 16.7 Å². The number of nitrogens with zero attached hydrogens (tertiary/aromatic N) is 1. The van der Waals surface area contributed by atoms with Crippen LogP contribution >= 0.6 is 0 Å². The summed E-state index contributed by atoms with van der Waals surface area (Å²) < 4.78 is 0. The molecule has 3 N–H and O–H groups in total. The zero-order valence-corrected chi connectivity index (χ0v) is 24.5. The quantitative estimate of drug-likeness (QED) is 0.200. The normalized spacial score (nSPS) is 13.4. The van der Waals surface area contributed by atoms with Crippen LogP contribution in [0.25, 0.3) is 0 Å². The maximum absolute atomic E-state index is 13.5. The van der Waals surface area contributed by atoms with Gasteiger partial charge in [0, 0.05) is 36.7 Å². The number of piperidine rings is 1. The van der Waals surface area contributed by atoms with Crippen LogP contribution in [-0.4, -0.2) is 31.6 Å². The fourth-order valence-electron chi connectivity index (χ4n) is 5.57. The maximum atomic E-state index is 13.5. The number of benzene rings is 4. The van der Waals surface area contributed by atoms with Gasteiger partial charge in [0.25, 0.3) is 5.91 Å². The number of hydrogen-bond donors (Lipinski definition) is 3. The highest BCUT2D eigenvalue weighted by atomic mass is 16.2. The van der Waals surface area contributed by atoms with Crippen molar-refractivity contribution >= 4 is 29.0 Å². The van der Waals surface area contributed by atoms with Crippen LogP contribution in [0, 0.1) is 19.8 Å². The molecule has 4 aromatic rings. The van der Waals surface area contributed by atoms with E-state index in [1.807, 2.05) is 62.4 Å². The number of aryl methyl sites for hydroxylation is 2. The zero-order chi connectivity index (χ0) is 29.3. The smallest absolute Gasteiger partial charge is 0.323 e. The molecule has 0 aliphatic carbocycles. The van der Waals surface area contributed by atoms with E-state index < -0.39 is 0 Å². The Morgan fingerprint density at radius 3 is 2.02 bits per heavy atom. The average Bonchev–Trinajstić information content (AvgIpc) is 3.00. The van der Waals surface area contributed by atoms with Crippen molar-refractivity contribution in [1.82, 2.24) is 5.32 Å². The first kappa shape index (κ1) is 28.9. The number of hydrogen-bond acceptors (Lipinski definition) is 3. The first-order chi connectivity index (χ1) is 20.4. The Kier molecular flexibility index (Phi) is 9.55. The SMILES string of the molecule is Cc1ccc(NC(=O)Nc2ccc(N3CCC(Cc4ccccc4)CC3)c(C(=O)NCCc3ccccc3)c2)cc1C. The minimum atomic E-state index is -0.344. The molecule has 0 aromatic heterocycles. The number of carbonyl (C=O) groups excluding carboxylic acids is 2. The molecule has 3 amide bonds. The van der Waals surface area contributed by atoms with Crippen molar-refractivity contribution in [1.29, 1.82) is 0 Å². The lowest BCUT2D eigenvalue weighted by Crippen LogP contribution is -2.36. The van der Waals surface area contributed by atoms with Gasteiger partial charge in [0.1, 0.15) is 0 Å². The number of nitrogens with one attached hydrogen (secondary N) is 3. The summed E-state index contributed by atoms with van der Waals surface area (Å²) in [6.07, 6.45) is 3.98. The van der Waals surface area contributed by atoms with E-state index in [2.05, 4.69) is 63.3 Å². The summed E-state index contributed by atoms with van der Waals surface area (Å²) in [5, 5.41) is 8.93. The molecule has 0 saturated carbocycles. The van der Waals surface area contributed by atoms with E-state index in [4.69, 9.17) is 0 Å². The lowest BCUT2D eigenvalue weighted by molar-refractivity contribution is 0.0954. The molecule has 1 heterocycles. The van der Waals surface area contributed by atoms with Crippen LogP contribution in [0.1, 0.15) is 45.5 Å². The van der Waals surface area contributed by atoms with Crippen molar-refractivity contribution in [2.45, 2.75) is 39.5 Å². The van der Waals surface area contributed by atoms with Gasteiger partial charge in [-0.15, -0.1) is 0 Å². The molecule has 0 bridgehead atoms. The minimum absolute atomic E-state index is 0.134. The molecule has 1 fully saturated rings. The third-order valence-electron chi connectivity index (χ3n) is 8.13. The van der Waals surface area contributed by atoms with Crippen molar-refractivity contribution in [3.63, 3.8) is 0 Å². The van der Waals surface area contributed by atoms with Gasteiger partial charge in [-0.1, -0.05) is 66.7 Å². The second-order valence-corrected chi connectivity index (χ2v) is 11.2. The van der Waals surface area contributed by atoms with E-state index in [9.17, 15) is 9.59 Å². The molecule has 6 heteroatoms. The predicted octanol–water partition coefficient (Wildman–Crippen LogP) is 7.38. The third kappa shape index (κ3) is 7.78. The van der Waals surface area contributed by atoms with Gasteiger partial charge in [-0.05, 0) is 98.0 Å². The molecule has 0 atom stereocenters. The number of rotatable bonds is 9. The van der Waals surface area contributed by atoms with E-state index >= 15 is 0 Å². The van der Waals surface area contributed by atoms with Crippen LogP contribution in [0.2, 0.25) is 0 Å². The fourth-order valence-corrected chi connectivity index (χ4v) is 5.57. The van der Waals surface area contributed by atoms with Crippen molar-refractivity contribution in [2.75, 3.05) is 35.2 Å². The molecule has 42 heavy (non-hydrogen) atoms. The lowest BCUT2D eigenvalue weighted by Gasteiger charge is -2.35. The zero-order valence-electron chi connectivity index (χ0n) is 24.5. The van der Waals surface area contributed by atoms with Crippen LogP contribution < -0.4 is 20.9 Å². The Morgan fingerprint density at radius 2 is 1.36 bits per heavy atom. The Bertz CT molecular complexity index is 1500. The highest BCUT2D eigenvalue weighted by molar-refractivity contribution is 6.04. The van der Waals surface area contributed by atoms with Crippen molar-refractivity contribution in [3.8, 4) is 0 Å². The molecule has 1 aliphatic rings. The largest absolute Gasteiger partial charge is 0.371 e. The summed E-state index contributed by atoms with van der Waals surface area (Å²) >= 11 is 0. The molecule has 6 nitrogen and oxygen atoms in total. The second kappa shape index (κ2) is 13.9. The number of amides is 3. The number of anilines is 3. The van der Waals surface area contributed by atoms with Crippen LogP contribution in [0.15, 0.2) is 97.1 Å². The first-order valence-corrected chi connectivity index (χ1v) is 14.8. The molecule has 4 aromatic carbocycles. The highest BCUT2D eigenvalue weighted by Gasteiger charge is 2.24. The van der Waals surface area contributed by atoms with E-state index in [1.54, 1.807) is 6.07 Å². The summed E-state index contributed by atoms with van der Waals surface area (Å²) in [5.74, 6) is 0.493. The predicted molar refractivity (Wildman–Crippen MR) is 173 cm³/mol. The van der Waals surface area contributed by atoms with E-state index in [-0.39, 0.29) is 11.9 Å². The van der Waals surface area contributed by atoms with Crippen molar-refractivity contribution in [2.24, 2.45) is 5.92 Å². The summed E-state index contributed by atoms with van der Waals surface area (Å²) in [7, 11) is 0. The van der Waals surface area contributed by atoms with Gasteiger partial charge in [0.05, 0.1) is 5.56 Å². The molecule has 1 aliphatic heterocycles. The topological polar surface area (TPSA) is 73.5 Å². The molecule has 216 valence electrons. The first-order valence-electron chi connectivity index (χ1n) is 14.8. The molecular weight excluding hydrogens is 520 g/mol. The van der Waals surface area contributed by atoms with Gasteiger partial charge in [-0.2, -0.15) is 0 Å². The van der Waals surface area contributed by atoms with Gasteiger partial charge in [-0.25, -0.2) is 4.79 Å². The van der Waals surface area contributed by atoms with Gasteiger partial charge in [-0.3, -0.25) is 4.79 Å². The molecule has 0 unspecified atom stereocenters. The van der Waals surface area contributed by atoms with E-state index in [0.29, 0.717) is 23.7 Å². The third-order valence-corrected chi connectivity index (χ3v) is 8.13. The fraction of sp³-hybridized carbons (Fsp3) is 0.278. The Morgan fingerprint density at radius 1 is 0.738 bits per heavy atom. The van der Waals surface area contributed by atoms with Gasteiger partial charge in [0.15, 0.2) is 0 Å². The molecule has 5 rings (SSSR count). The van der Waals surface area contributed by atoms with Crippen LogP contribution in [0.3, 0.4) is 0 Å². The summed E-state index contributed by atoms with van der Waals surface area (Å²) in [6.45, 7) is 6.37. The molecule has 0 radical (unpaired) electrons. The Hall–Kier alpha value is -4.58. The van der Waals surface area contributed by atoms with E-state index in [0.717, 1.165) is 55.7 Å². The standard InChI is InChI=1S/C36H40N4O2/c1-26-13-14-31(23-27(26)2)38-36(42)39-32-15-16-34(33(25-32)35(41)37-20-17-28-9-5-3-6-10-28)40-21-18-30(19-22-40)24-29-11-7-4-8-12-29/h3-16,23,25,30H,17-22,24H2,1-2H3,(H,37,41)(H2,38,39,42). The Balaban J connectivity index is 1.28. The summed E-state index contributed by atoms with van der Waals surface area (Å²) in [5.41, 5.74) is 7.62. The van der Waals surface area contributed by atoms with Gasteiger partial charge >= 0.3 is 6.03 Å². The monoisotopic (exact) mass is 560 g/mol. The van der Waals surface area contributed by atoms with Gasteiger partial charge in [0.2, 0.25) is 0 Å². The molecule has 0 spiro atoms. The lowest BCUT2D eigenvalue weighted by atomic mass is 9.89. The summed E-state index contributed by atoms with van der Waals surface area (Å²) in [4.78, 5) is 28.7. The number of carbonyl (C=O) groups is 2. The molecular formula is C36H40N4O2. The maximum Gasteiger partial charge on any atom is 0.323 e. The van der Waals surface area contributed by atoms with Crippen LogP contribution in [0.5, 0.6) is 0 Å². The minimum Gasteiger partial charge on any atom is -0.371 e. The second-order valence-electron chi connectivity index (χ2n) is 11.2. The average molecular weight is 561 g/mol. The van der Waals surface area contributed by atoms with Crippen molar-refractivity contribution < 1.29 is 9.59 Å². The van der Waals surface area contributed by atoms with Crippen molar-refractivity contribution in [3.05, 3.63) is 125 Å². The number of urea groups is 1. The van der Waals surface area contributed by atoms with Crippen LogP contribution in [-0.2, 0) is 12.8 Å². The Labute approximate surface area is 249 Å². The highest BCUT2D eigenvalue weighted by Crippen LogP contribution is 2.30. The molecule has 1 saturated heterocycles.